The van der Waals surface area contributed by atoms with Gasteiger partial charge in [0.25, 0.3) is 17.7 Å². The Morgan fingerprint density at radius 1 is 1.03 bits per heavy atom. The number of morpholine rings is 1. The minimum absolute atomic E-state index is 0. The Hall–Kier alpha value is -4.24. The summed E-state index contributed by atoms with van der Waals surface area (Å²) in [5.74, 6) is -1.94. The molecule has 0 saturated carbocycles. The van der Waals surface area contributed by atoms with E-state index in [1.54, 1.807) is 29.2 Å². The second-order valence-corrected chi connectivity index (χ2v) is 8.08. The highest BCUT2D eigenvalue weighted by Gasteiger charge is 2.33. The van der Waals surface area contributed by atoms with Gasteiger partial charge in [0.05, 0.1) is 26.9 Å². The quantitative estimate of drug-likeness (QED) is 0.506. The average Bonchev–Trinajstić information content (AvgIpc) is 3.24. The largest absolute Gasteiger partial charge is 0.464 e. The fraction of sp³-hybridized carbons (Fsp3) is 0.231. The molecular weight excluding hydrogens is 450 g/mol. The number of esters is 1. The van der Waals surface area contributed by atoms with Crippen LogP contribution in [0.1, 0.15) is 27.7 Å². The molecule has 9 heteroatoms. The minimum atomic E-state index is -0.792. The van der Waals surface area contributed by atoms with Gasteiger partial charge < -0.3 is 19.7 Å². The second-order valence-electron chi connectivity index (χ2n) is 8.08. The molecule has 2 aromatic rings. The molecule has 2 aromatic carbocycles. The molecule has 0 radical (unpaired) electrons. The third kappa shape index (κ3) is 4.71. The van der Waals surface area contributed by atoms with Crippen molar-refractivity contribution in [2.24, 2.45) is 0 Å². The van der Waals surface area contributed by atoms with Gasteiger partial charge in [-0.25, -0.2) is 4.79 Å². The van der Waals surface area contributed by atoms with E-state index in [1.807, 2.05) is 18.2 Å². The molecule has 9 nitrogen and oxygen atoms in total. The van der Waals surface area contributed by atoms with E-state index in [2.05, 4.69) is 23.2 Å². The van der Waals surface area contributed by atoms with Gasteiger partial charge >= 0.3 is 5.97 Å². The van der Waals surface area contributed by atoms with Crippen molar-refractivity contribution in [3.63, 3.8) is 0 Å². The number of amides is 3. The number of benzene rings is 2. The minimum Gasteiger partial charge on any atom is -0.464 e. The number of nitrogens with zero attached hydrogens (tertiary/aromatic N) is 2. The van der Waals surface area contributed by atoms with Gasteiger partial charge in [-0.3, -0.25) is 19.3 Å². The lowest BCUT2D eigenvalue weighted by Gasteiger charge is -2.26. The first kappa shape index (κ1) is 23.9. The van der Waals surface area contributed by atoms with Crippen molar-refractivity contribution < 1.29 is 30.1 Å². The van der Waals surface area contributed by atoms with E-state index in [0.29, 0.717) is 37.4 Å². The lowest BCUT2D eigenvalue weighted by molar-refractivity contribution is -0.137. The van der Waals surface area contributed by atoms with Crippen LogP contribution >= 0.6 is 0 Å². The van der Waals surface area contributed by atoms with Crippen LogP contribution in [0.3, 0.4) is 0 Å². The fourth-order valence-corrected chi connectivity index (χ4v) is 4.07. The maximum absolute atomic E-state index is 13.0. The molecular formula is C26H27N3O6. The highest BCUT2D eigenvalue weighted by atomic mass is 16.5. The van der Waals surface area contributed by atoms with Crippen molar-refractivity contribution in [2.45, 2.75) is 6.54 Å². The Kier molecular flexibility index (Phi) is 6.79. The highest BCUT2D eigenvalue weighted by Crippen LogP contribution is 2.34. The van der Waals surface area contributed by atoms with Crippen molar-refractivity contribution >= 4 is 23.7 Å². The Morgan fingerprint density at radius 3 is 2.34 bits per heavy atom. The molecule has 0 aromatic heterocycles. The number of carbonyl (C=O) groups is 4. The van der Waals surface area contributed by atoms with E-state index >= 15 is 0 Å². The predicted molar refractivity (Wildman–Crippen MR) is 129 cm³/mol. The molecule has 0 atom stereocenters. The first-order valence-electron chi connectivity index (χ1n) is 11.0. The maximum Gasteiger partial charge on any atom is 0.353 e. The molecule has 2 aliphatic rings. The topological polar surface area (TPSA) is 105 Å². The summed E-state index contributed by atoms with van der Waals surface area (Å²) in [7, 11) is 1.17. The summed E-state index contributed by atoms with van der Waals surface area (Å²) in [6, 6.07) is 12.6. The van der Waals surface area contributed by atoms with Crippen LogP contribution in [0.4, 0.5) is 0 Å². The lowest BCUT2D eigenvalue weighted by atomic mass is 9.96. The lowest BCUT2D eigenvalue weighted by Crippen LogP contribution is -2.40. The first-order valence-corrected chi connectivity index (χ1v) is 11.0. The van der Waals surface area contributed by atoms with Crippen LogP contribution in [0, 0.1) is 0 Å². The van der Waals surface area contributed by atoms with E-state index in [9.17, 15) is 19.2 Å². The van der Waals surface area contributed by atoms with Gasteiger partial charge in [0.2, 0.25) is 0 Å². The Morgan fingerprint density at radius 2 is 1.69 bits per heavy atom. The molecule has 35 heavy (non-hydrogen) atoms. The summed E-state index contributed by atoms with van der Waals surface area (Å²) < 4.78 is 9.83. The average molecular weight is 478 g/mol. The molecule has 0 aliphatic carbocycles. The number of fused-ring (bicyclic) bond motifs is 1. The van der Waals surface area contributed by atoms with Crippen LogP contribution in [0.15, 0.2) is 67.0 Å². The summed E-state index contributed by atoms with van der Waals surface area (Å²) in [5, 5.41) is 2.30. The molecule has 1 N–H and O–H groups in total. The molecule has 2 aliphatic heterocycles. The molecule has 2 heterocycles. The van der Waals surface area contributed by atoms with E-state index in [0.717, 1.165) is 16.7 Å². The van der Waals surface area contributed by atoms with Crippen molar-refractivity contribution in [3.8, 4) is 11.1 Å². The monoisotopic (exact) mass is 477 g/mol. The van der Waals surface area contributed by atoms with Crippen molar-refractivity contribution in [2.75, 3.05) is 33.4 Å². The first-order chi connectivity index (χ1) is 16.8. The van der Waals surface area contributed by atoms with Gasteiger partial charge in [-0.2, -0.15) is 0 Å². The zero-order valence-corrected chi connectivity index (χ0v) is 19.3. The summed E-state index contributed by atoms with van der Waals surface area (Å²) >= 11 is 0. The maximum atomic E-state index is 13.0. The zero-order valence-electron chi connectivity index (χ0n) is 19.3. The number of methoxy groups -OCH3 is 1. The fourth-order valence-electron chi connectivity index (χ4n) is 4.07. The predicted octanol–water partition coefficient (Wildman–Crippen LogP) is 2.34. The SMILES string of the molecule is C=C(NC(=O)C(=C)N1Cc2c(cccc2-c2ccc(C(=O)N3CCOCC3)cc2)C1=O)C(=O)OC.[HH]. The zero-order chi connectivity index (χ0) is 25.1. The number of hydrogen-bond acceptors (Lipinski definition) is 6. The van der Waals surface area contributed by atoms with E-state index < -0.39 is 11.9 Å². The van der Waals surface area contributed by atoms with Gasteiger partial charge in [-0.15, -0.1) is 0 Å². The molecule has 0 bridgehead atoms. The number of carbonyl (C=O) groups excluding carboxylic acids is 4. The van der Waals surface area contributed by atoms with Crippen LogP contribution in [0.25, 0.3) is 11.1 Å². The Labute approximate surface area is 204 Å². The number of ether oxygens (including phenoxy) is 2. The molecule has 1 fully saturated rings. The summed E-state index contributed by atoms with van der Waals surface area (Å²) in [5.41, 5.74) is 3.06. The molecule has 182 valence electrons. The molecule has 0 spiro atoms. The van der Waals surface area contributed by atoms with Gasteiger partial charge in [0, 0.05) is 25.6 Å². The Bertz CT molecular complexity index is 1230. The van der Waals surface area contributed by atoms with Crippen LogP contribution in [-0.4, -0.2) is 66.9 Å². The van der Waals surface area contributed by atoms with Crippen LogP contribution in [0.5, 0.6) is 0 Å². The third-order valence-electron chi connectivity index (χ3n) is 5.99. The molecule has 1 saturated heterocycles. The van der Waals surface area contributed by atoms with Crippen molar-refractivity contribution in [1.82, 2.24) is 15.1 Å². The summed E-state index contributed by atoms with van der Waals surface area (Å²) in [6.45, 7) is 9.52. The van der Waals surface area contributed by atoms with E-state index in [-0.39, 0.29) is 31.2 Å². The number of rotatable bonds is 6. The van der Waals surface area contributed by atoms with Gasteiger partial charge in [-0.05, 0) is 34.9 Å². The van der Waals surface area contributed by atoms with Gasteiger partial charge in [0.1, 0.15) is 11.4 Å². The van der Waals surface area contributed by atoms with Gasteiger partial charge in [0.15, 0.2) is 0 Å². The molecule has 3 amide bonds. The third-order valence-corrected chi connectivity index (χ3v) is 5.99. The van der Waals surface area contributed by atoms with Crippen molar-refractivity contribution in [3.05, 3.63) is 83.7 Å². The van der Waals surface area contributed by atoms with Crippen molar-refractivity contribution in [1.29, 1.82) is 0 Å². The summed E-state index contributed by atoms with van der Waals surface area (Å²) in [4.78, 5) is 52.8. The van der Waals surface area contributed by atoms with Crippen LogP contribution in [-0.2, 0) is 25.6 Å². The second kappa shape index (κ2) is 9.94. The summed E-state index contributed by atoms with van der Waals surface area (Å²) in [6.07, 6.45) is 0. The van der Waals surface area contributed by atoms with Crippen LogP contribution in [0.2, 0.25) is 0 Å². The van der Waals surface area contributed by atoms with Gasteiger partial charge in [-0.1, -0.05) is 37.4 Å². The number of hydrogen-bond donors (Lipinski definition) is 1. The smallest absolute Gasteiger partial charge is 0.353 e. The molecule has 0 unspecified atom stereocenters. The highest BCUT2D eigenvalue weighted by molar-refractivity contribution is 6.08. The normalized spacial score (nSPS) is 14.8. The van der Waals surface area contributed by atoms with E-state index in [4.69, 9.17) is 4.74 Å². The molecule has 4 rings (SSSR count). The number of nitrogens with one attached hydrogen (secondary N) is 1. The standard InChI is InChI=1S/C26H25N3O6.H2/c1-16(26(33)34-3)27-23(30)17(2)29-15-22-20(5-4-6-21(22)25(29)32)18-7-9-19(10-8-18)24(31)28-11-13-35-14-12-28;/h4-10H,1-2,11-15H2,3H3,(H,27,30);1H. The van der Waals surface area contributed by atoms with E-state index in [1.165, 1.54) is 12.0 Å². The van der Waals surface area contributed by atoms with Crippen LogP contribution < -0.4 is 5.32 Å². The Balaban J connectivity index is 0.00000361.